The molecule has 1 fully saturated rings. The molecule has 0 spiro atoms. The van der Waals surface area contributed by atoms with Crippen molar-refractivity contribution in [3.05, 3.63) is 63.1 Å². The van der Waals surface area contributed by atoms with Crippen LogP contribution < -0.4 is 10.2 Å². The van der Waals surface area contributed by atoms with Gasteiger partial charge in [-0.05, 0) is 56.0 Å². The molecule has 0 aliphatic carbocycles. The van der Waals surface area contributed by atoms with Crippen LogP contribution in [0.5, 0.6) is 0 Å². The van der Waals surface area contributed by atoms with E-state index in [1.54, 1.807) is 25.3 Å². The molecule has 4 aromatic rings. The number of nitrogens with one attached hydrogen (secondary N) is 1. The van der Waals surface area contributed by atoms with E-state index in [4.69, 9.17) is 33.0 Å². The Morgan fingerprint density at radius 2 is 2.05 bits per heavy atom. The fraction of sp³-hybridized carbons (Fsp3) is 0.333. The van der Waals surface area contributed by atoms with Crippen LogP contribution in [-0.2, 0) is 27.2 Å². The molecule has 1 unspecified atom stereocenters. The summed E-state index contributed by atoms with van der Waals surface area (Å²) in [5.41, 5.74) is 2.15. The lowest BCUT2D eigenvalue weighted by atomic mass is 10.1. The highest BCUT2D eigenvalue weighted by molar-refractivity contribution is 7.22. The number of halogens is 2. The molecule has 3 heterocycles. The van der Waals surface area contributed by atoms with Crippen LogP contribution in [0.15, 0.2) is 42.6 Å². The van der Waals surface area contributed by atoms with Gasteiger partial charge in [-0.25, -0.2) is 9.97 Å². The molecule has 2 atom stereocenters. The standard InChI is InChI=1S/C27H26Cl2N4O4S2/c1-15(37-24-7-4-10-33(24)27-30-14-17(38-27)8-9-25(35)36)22(34)12-16-11-19(29)21(13-18(16)28)32-26-31-20-5-2-3-6-23(20)39-26/h2-3,5-6,11,13-15,24H,4,7-10,12H2,1H3,(H,31,32)(H,35,36)/t15?,24-/m0/s1. The fourth-order valence-corrected chi connectivity index (χ4v) is 6.69. The summed E-state index contributed by atoms with van der Waals surface area (Å²) in [7, 11) is 0. The van der Waals surface area contributed by atoms with Crippen LogP contribution in [0.4, 0.5) is 16.0 Å². The Kier molecular flexibility index (Phi) is 8.68. The lowest BCUT2D eigenvalue weighted by Gasteiger charge is -2.26. The number of hydrogen-bond acceptors (Lipinski definition) is 9. The van der Waals surface area contributed by atoms with E-state index < -0.39 is 12.1 Å². The minimum Gasteiger partial charge on any atom is -0.481 e. The first-order chi connectivity index (χ1) is 18.8. The predicted octanol–water partition coefficient (Wildman–Crippen LogP) is 6.96. The van der Waals surface area contributed by atoms with E-state index in [2.05, 4.69) is 15.3 Å². The molecule has 8 nitrogen and oxygen atoms in total. The molecule has 1 aliphatic rings. The number of para-hydroxylation sites is 1. The van der Waals surface area contributed by atoms with Crippen LogP contribution in [0.1, 0.15) is 36.6 Å². The van der Waals surface area contributed by atoms with Crippen molar-refractivity contribution >= 4 is 83.8 Å². The fourth-order valence-electron chi connectivity index (χ4n) is 4.38. The zero-order valence-corrected chi connectivity index (χ0v) is 24.2. The number of benzene rings is 2. The van der Waals surface area contributed by atoms with Gasteiger partial charge in [0.2, 0.25) is 0 Å². The van der Waals surface area contributed by atoms with Crippen molar-refractivity contribution < 1.29 is 19.4 Å². The van der Waals surface area contributed by atoms with Crippen LogP contribution in [-0.4, -0.2) is 45.7 Å². The first-order valence-corrected chi connectivity index (χ1v) is 14.9. The second kappa shape index (κ2) is 12.2. The monoisotopic (exact) mass is 604 g/mol. The van der Waals surface area contributed by atoms with Gasteiger partial charge in [-0.15, -0.1) is 11.3 Å². The molecule has 2 aromatic heterocycles. The van der Waals surface area contributed by atoms with Crippen LogP contribution in [0.25, 0.3) is 10.2 Å². The van der Waals surface area contributed by atoms with Crippen LogP contribution in [0, 0.1) is 0 Å². The number of Topliss-reactive ketones (excluding diaryl/α,β-unsaturated/α-hetero) is 1. The molecule has 204 valence electrons. The van der Waals surface area contributed by atoms with E-state index in [1.165, 1.54) is 22.7 Å². The van der Waals surface area contributed by atoms with E-state index in [-0.39, 0.29) is 24.9 Å². The van der Waals surface area contributed by atoms with Crippen LogP contribution in [0.3, 0.4) is 0 Å². The van der Waals surface area contributed by atoms with E-state index in [0.717, 1.165) is 39.6 Å². The van der Waals surface area contributed by atoms with Crippen molar-refractivity contribution in [1.29, 1.82) is 0 Å². The number of ether oxygens (including phenoxy) is 1. The second-order valence-electron chi connectivity index (χ2n) is 9.25. The number of carbonyl (C=O) groups excluding carboxylic acids is 1. The smallest absolute Gasteiger partial charge is 0.303 e. The second-order valence-corrected chi connectivity index (χ2v) is 12.2. The third kappa shape index (κ3) is 6.70. The Bertz CT molecular complexity index is 1480. The van der Waals surface area contributed by atoms with Gasteiger partial charge in [0.05, 0.1) is 27.3 Å². The zero-order chi connectivity index (χ0) is 27.5. The van der Waals surface area contributed by atoms with E-state index in [9.17, 15) is 9.59 Å². The number of hydrogen-bond donors (Lipinski definition) is 2. The lowest BCUT2D eigenvalue weighted by molar-refractivity contribution is -0.137. The first kappa shape index (κ1) is 27.8. The van der Waals surface area contributed by atoms with Gasteiger partial charge in [0, 0.05) is 29.1 Å². The molecule has 1 saturated heterocycles. The minimum atomic E-state index is -0.833. The summed E-state index contributed by atoms with van der Waals surface area (Å²) < 4.78 is 7.24. The summed E-state index contributed by atoms with van der Waals surface area (Å²) in [6, 6.07) is 11.3. The Morgan fingerprint density at radius 1 is 1.23 bits per heavy atom. The Labute approximate surface area is 243 Å². The Balaban J connectivity index is 1.20. The molecular weight excluding hydrogens is 579 g/mol. The molecule has 39 heavy (non-hydrogen) atoms. The maximum atomic E-state index is 13.1. The third-order valence-corrected chi connectivity index (χ3v) is 9.13. The maximum Gasteiger partial charge on any atom is 0.303 e. The van der Waals surface area contributed by atoms with Crippen molar-refractivity contribution in [3.8, 4) is 0 Å². The number of rotatable bonds is 11. The molecule has 2 aromatic carbocycles. The summed E-state index contributed by atoms with van der Waals surface area (Å²) in [4.78, 5) is 36.0. The van der Waals surface area contributed by atoms with Crippen molar-refractivity contribution in [1.82, 2.24) is 9.97 Å². The minimum absolute atomic E-state index is 0.0681. The van der Waals surface area contributed by atoms with Crippen LogP contribution in [0.2, 0.25) is 10.0 Å². The highest BCUT2D eigenvalue weighted by Gasteiger charge is 2.31. The number of aryl methyl sites for hydroxylation is 1. The number of aromatic nitrogens is 2. The lowest BCUT2D eigenvalue weighted by Crippen LogP contribution is -2.37. The number of aliphatic carboxylic acids is 1. The largest absolute Gasteiger partial charge is 0.481 e. The van der Waals surface area contributed by atoms with Gasteiger partial charge in [0.25, 0.3) is 0 Å². The predicted molar refractivity (Wildman–Crippen MR) is 157 cm³/mol. The highest BCUT2D eigenvalue weighted by Crippen LogP contribution is 2.35. The van der Waals surface area contributed by atoms with E-state index >= 15 is 0 Å². The SMILES string of the molecule is CC(O[C@H]1CCCN1c1ncc(CCC(=O)O)s1)C(=O)Cc1cc(Cl)c(Nc2nc3ccccc3s2)cc1Cl. The number of carbonyl (C=O) groups is 2. The van der Waals surface area contributed by atoms with Gasteiger partial charge in [0.15, 0.2) is 16.0 Å². The summed E-state index contributed by atoms with van der Waals surface area (Å²) in [5.74, 6) is -0.937. The quantitative estimate of drug-likeness (QED) is 0.189. The number of thiazole rings is 2. The summed E-state index contributed by atoms with van der Waals surface area (Å²) in [6.45, 7) is 2.51. The average Bonchev–Trinajstić information content (AvgIpc) is 3.64. The molecule has 5 rings (SSSR count). The van der Waals surface area contributed by atoms with Gasteiger partial charge >= 0.3 is 5.97 Å². The molecule has 2 N–H and O–H groups in total. The maximum absolute atomic E-state index is 13.1. The van der Waals surface area contributed by atoms with Gasteiger partial charge in [-0.1, -0.05) is 46.7 Å². The van der Waals surface area contributed by atoms with Crippen molar-refractivity contribution in [3.63, 3.8) is 0 Å². The number of nitrogens with zero attached hydrogens (tertiary/aromatic N) is 3. The molecule has 1 aliphatic heterocycles. The normalized spacial score (nSPS) is 16.1. The van der Waals surface area contributed by atoms with Gasteiger partial charge in [-0.2, -0.15) is 0 Å². The number of ketones is 1. The molecule has 12 heteroatoms. The van der Waals surface area contributed by atoms with Crippen molar-refractivity contribution in [2.24, 2.45) is 0 Å². The molecule has 0 radical (unpaired) electrons. The van der Waals surface area contributed by atoms with E-state index in [0.29, 0.717) is 32.8 Å². The summed E-state index contributed by atoms with van der Waals surface area (Å²) in [6.07, 6.45) is 3.08. The first-order valence-electron chi connectivity index (χ1n) is 12.5. The van der Waals surface area contributed by atoms with Gasteiger partial charge < -0.3 is 20.1 Å². The van der Waals surface area contributed by atoms with Crippen molar-refractivity contribution in [2.75, 3.05) is 16.8 Å². The Hall–Kier alpha value is -2.76. The molecular formula is C27H26Cl2N4O4S2. The van der Waals surface area contributed by atoms with Gasteiger partial charge in [0.1, 0.15) is 12.3 Å². The number of anilines is 3. The van der Waals surface area contributed by atoms with Crippen molar-refractivity contribution in [2.45, 2.75) is 51.4 Å². The van der Waals surface area contributed by atoms with Crippen LogP contribution >= 0.6 is 45.9 Å². The van der Waals surface area contributed by atoms with Gasteiger partial charge in [-0.3, -0.25) is 9.59 Å². The average molecular weight is 606 g/mol. The highest BCUT2D eigenvalue weighted by atomic mass is 35.5. The number of carboxylic acids is 1. The number of carboxylic acid groups (broad SMARTS) is 1. The topological polar surface area (TPSA) is 105 Å². The zero-order valence-electron chi connectivity index (χ0n) is 21.0. The molecule has 0 amide bonds. The summed E-state index contributed by atoms with van der Waals surface area (Å²) >= 11 is 16.1. The summed E-state index contributed by atoms with van der Waals surface area (Å²) in [5, 5.41) is 14.5. The number of fused-ring (bicyclic) bond motifs is 1. The molecule has 0 saturated carbocycles. The Morgan fingerprint density at radius 3 is 2.85 bits per heavy atom. The molecule has 0 bridgehead atoms. The van der Waals surface area contributed by atoms with E-state index in [1.807, 2.05) is 29.2 Å². The third-order valence-electron chi connectivity index (χ3n) is 6.42.